The Labute approximate surface area is 90.6 Å². The molecule has 0 aliphatic rings. The van der Waals surface area contributed by atoms with Gasteiger partial charge in [-0.1, -0.05) is 0 Å². The first-order valence-electron chi connectivity index (χ1n) is 4.44. The van der Waals surface area contributed by atoms with E-state index in [0.717, 1.165) is 10.5 Å². The first-order chi connectivity index (χ1) is 7.08. The average molecular weight is 222 g/mol. The lowest BCUT2D eigenvalue weighted by Gasteiger charge is -2.04. The second-order valence-electron chi connectivity index (χ2n) is 3.22. The zero-order chi connectivity index (χ0) is 11.0. The van der Waals surface area contributed by atoms with Gasteiger partial charge in [0.25, 0.3) is 0 Å². The van der Waals surface area contributed by atoms with E-state index in [1.807, 2.05) is 6.92 Å². The number of aryl methyl sites for hydroxylation is 1. The molecule has 0 atom stereocenters. The van der Waals surface area contributed by atoms with E-state index >= 15 is 0 Å². The highest BCUT2D eigenvalue weighted by atomic mass is 32.1. The van der Waals surface area contributed by atoms with Crippen LogP contribution >= 0.6 is 11.3 Å². The van der Waals surface area contributed by atoms with Crippen molar-refractivity contribution in [3.05, 3.63) is 17.1 Å². The van der Waals surface area contributed by atoms with Crippen LogP contribution in [0.1, 0.15) is 11.9 Å². The molecule has 0 saturated carbocycles. The number of thiazole rings is 1. The summed E-state index contributed by atoms with van der Waals surface area (Å²) in [6.07, 6.45) is 0. The van der Waals surface area contributed by atoms with Crippen LogP contribution in [-0.2, 0) is 4.79 Å². The summed E-state index contributed by atoms with van der Waals surface area (Å²) in [5.41, 5.74) is 1.18. The van der Waals surface area contributed by atoms with Gasteiger partial charge >= 0.3 is 0 Å². The standard InChI is InChI=1S/C10H10N2O2S/c1-5(13)11-7-3-4-8-10(9(7)14)15-6(2)12-8/h3-4,14H,1-2H3,(H,11,13). The molecular weight excluding hydrogens is 212 g/mol. The summed E-state index contributed by atoms with van der Waals surface area (Å²) in [5.74, 6) is -0.112. The summed E-state index contributed by atoms with van der Waals surface area (Å²) < 4.78 is 0.707. The van der Waals surface area contributed by atoms with E-state index in [4.69, 9.17) is 0 Å². The van der Waals surface area contributed by atoms with Crippen molar-refractivity contribution in [3.63, 3.8) is 0 Å². The highest BCUT2D eigenvalue weighted by Gasteiger charge is 2.10. The van der Waals surface area contributed by atoms with Crippen LogP contribution in [0.25, 0.3) is 10.2 Å². The average Bonchev–Trinajstić information content (AvgIpc) is 2.51. The minimum absolute atomic E-state index is 0.0910. The van der Waals surface area contributed by atoms with Gasteiger partial charge in [0, 0.05) is 6.92 Å². The van der Waals surface area contributed by atoms with Gasteiger partial charge in [0.2, 0.25) is 5.91 Å². The van der Waals surface area contributed by atoms with E-state index in [0.29, 0.717) is 10.4 Å². The molecule has 0 saturated heterocycles. The Bertz CT molecular complexity index is 533. The van der Waals surface area contributed by atoms with Crippen LogP contribution in [0.4, 0.5) is 5.69 Å². The molecule has 1 heterocycles. The van der Waals surface area contributed by atoms with Crippen LogP contribution < -0.4 is 5.32 Å². The number of phenols is 1. The van der Waals surface area contributed by atoms with Crippen molar-refractivity contribution >= 4 is 33.1 Å². The Morgan fingerprint density at radius 3 is 2.93 bits per heavy atom. The van der Waals surface area contributed by atoms with E-state index in [-0.39, 0.29) is 11.7 Å². The number of rotatable bonds is 1. The lowest BCUT2D eigenvalue weighted by molar-refractivity contribution is -0.114. The molecule has 2 aromatic rings. The van der Waals surface area contributed by atoms with E-state index in [1.165, 1.54) is 18.3 Å². The molecule has 1 aromatic heterocycles. The summed E-state index contributed by atoms with van der Waals surface area (Å²) in [6, 6.07) is 3.43. The van der Waals surface area contributed by atoms with Crippen molar-refractivity contribution in [2.24, 2.45) is 0 Å². The third-order valence-electron chi connectivity index (χ3n) is 1.95. The number of carbonyl (C=O) groups excluding carboxylic acids is 1. The first-order valence-corrected chi connectivity index (χ1v) is 5.26. The number of amides is 1. The molecule has 78 valence electrons. The van der Waals surface area contributed by atoms with Gasteiger partial charge in [-0.3, -0.25) is 4.79 Å². The second-order valence-corrected chi connectivity index (χ2v) is 4.43. The fourth-order valence-electron chi connectivity index (χ4n) is 1.38. The molecular formula is C10H10N2O2S. The van der Waals surface area contributed by atoms with E-state index in [1.54, 1.807) is 12.1 Å². The molecule has 4 nitrogen and oxygen atoms in total. The Balaban J connectivity index is 2.58. The lowest BCUT2D eigenvalue weighted by Crippen LogP contribution is -2.05. The molecule has 0 radical (unpaired) electrons. The number of hydrogen-bond donors (Lipinski definition) is 2. The minimum Gasteiger partial charge on any atom is -0.504 e. The monoisotopic (exact) mass is 222 g/mol. The van der Waals surface area contributed by atoms with Gasteiger partial charge in [0.15, 0.2) is 5.75 Å². The van der Waals surface area contributed by atoms with Crippen molar-refractivity contribution in [2.45, 2.75) is 13.8 Å². The predicted octanol–water partition coefficient (Wildman–Crippen LogP) is 2.27. The fraction of sp³-hybridized carbons (Fsp3) is 0.200. The molecule has 0 fully saturated rings. The van der Waals surface area contributed by atoms with Crippen molar-refractivity contribution in [1.29, 1.82) is 0 Å². The summed E-state index contributed by atoms with van der Waals surface area (Å²) >= 11 is 1.41. The topological polar surface area (TPSA) is 62.2 Å². The van der Waals surface area contributed by atoms with Gasteiger partial charge in [0.05, 0.1) is 20.9 Å². The number of hydrogen-bond acceptors (Lipinski definition) is 4. The van der Waals surface area contributed by atoms with Crippen molar-refractivity contribution in [2.75, 3.05) is 5.32 Å². The van der Waals surface area contributed by atoms with Gasteiger partial charge in [-0.25, -0.2) is 4.98 Å². The number of benzene rings is 1. The number of nitrogens with one attached hydrogen (secondary N) is 1. The molecule has 5 heteroatoms. The summed E-state index contributed by atoms with van der Waals surface area (Å²) in [6.45, 7) is 3.28. The van der Waals surface area contributed by atoms with Crippen LogP contribution in [0.5, 0.6) is 5.75 Å². The Hall–Kier alpha value is -1.62. The summed E-state index contributed by atoms with van der Waals surface area (Å²) in [4.78, 5) is 15.1. The van der Waals surface area contributed by atoms with Crippen molar-refractivity contribution in [1.82, 2.24) is 4.98 Å². The number of fused-ring (bicyclic) bond motifs is 1. The van der Waals surface area contributed by atoms with Crippen molar-refractivity contribution in [3.8, 4) is 5.75 Å². The molecule has 15 heavy (non-hydrogen) atoms. The number of carbonyl (C=O) groups is 1. The van der Waals surface area contributed by atoms with Crippen LogP contribution in [0.15, 0.2) is 12.1 Å². The highest BCUT2D eigenvalue weighted by molar-refractivity contribution is 7.19. The number of anilines is 1. The Morgan fingerprint density at radius 2 is 2.27 bits per heavy atom. The lowest BCUT2D eigenvalue weighted by atomic mass is 10.2. The maximum absolute atomic E-state index is 10.9. The van der Waals surface area contributed by atoms with E-state index in [2.05, 4.69) is 10.3 Å². The summed E-state index contributed by atoms with van der Waals surface area (Å²) in [7, 11) is 0. The van der Waals surface area contributed by atoms with Gasteiger partial charge in [-0.15, -0.1) is 11.3 Å². The van der Waals surface area contributed by atoms with Crippen LogP contribution in [0.2, 0.25) is 0 Å². The van der Waals surface area contributed by atoms with E-state index < -0.39 is 0 Å². The maximum atomic E-state index is 10.9. The smallest absolute Gasteiger partial charge is 0.221 e. The fourth-order valence-corrected chi connectivity index (χ4v) is 2.24. The Kier molecular flexibility index (Phi) is 2.32. The summed E-state index contributed by atoms with van der Waals surface area (Å²) in [5, 5.41) is 13.3. The molecule has 0 bridgehead atoms. The number of aromatic hydroxyl groups is 1. The molecule has 1 amide bonds. The Morgan fingerprint density at radius 1 is 1.53 bits per heavy atom. The van der Waals surface area contributed by atoms with Gasteiger partial charge in [-0.05, 0) is 19.1 Å². The normalized spacial score (nSPS) is 10.5. The maximum Gasteiger partial charge on any atom is 0.221 e. The van der Waals surface area contributed by atoms with Crippen LogP contribution in [0, 0.1) is 6.92 Å². The molecule has 2 rings (SSSR count). The van der Waals surface area contributed by atoms with Gasteiger partial charge in [0.1, 0.15) is 0 Å². The first kappa shape index (κ1) is 9.92. The third-order valence-corrected chi connectivity index (χ3v) is 2.94. The molecule has 0 aliphatic heterocycles. The molecule has 0 unspecified atom stereocenters. The zero-order valence-corrected chi connectivity index (χ0v) is 9.18. The highest BCUT2D eigenvalue weighted by Crippen LogP contribution is 2.36. The molecule has 0 spiro atoms. The van der Waals surface area contributed by atoms with Gasteiger partial charge < -0.3 is 10.4 Å². The predicted molar refractivity (Wildman–Crippen MR) is 60.3 cm³/mol. The zero-order valence-electron chi connectivity index (χ0n) is 8.37. The SMILES string of the molecule is CC(=O)Nc1ccc2nc(C)sc2c1O. The number of aromatic nitrogens is 1. The largest absolute Gasteiger partial charge is 0.504 e. The minimum atomic E-state index is -0.203. The molecule has 0 aliphatic carbocycles. The van der Waals surface area contributed by atoms with E-state index in [9.17, 15) is 9.90 Å². The van der Waals surface area contributed by atoms with Crippen LogP contribution in [0.3, 0.4) is 0 Å². The van der Waals surface area contributed by atoms with Gasteiger partial charge in [-0.2, -0.15) is 0 Å². The quantitative estimate of drug-likeness (QED) is 0.727. The molecule has 2 N–H and O–H groups in total. The van der Waals surface area contributed by atoms with Crippen molar-refractivity contribution < 1.29 is 9.90 Å². The number of phenolic OH excluding ortho intramolecular Hbond substituents is 1. The number of nitrogens with zero attached hydrogens (tertiary/aromatic N) is 1. The van der Waals surface area contributed by atoms with Crippen LogP contribution in [-0.4, -0.2) is 16.0 Å². The molecule has 1 aromatic carbocycles. The third kappa shape index (κ3) is 1.78. The second kappa shape index (κ2) is 3.51.